The third-order valence-corrected chi connectivity index (χ3v) is 2.91. The van der Waals surface area contributed by atoms with Gasteiger partial charge in [-0.15, -0.1) is 0 Å². The highest BCUT2D eigenvalue weighted by Crippen LogP contribution is 2.18. The molecule has 0 radical (unpaired) electrons. The molecule has 1 aliphatic rings. The van der Waals surface area contributed by atoms with Gasteiger partial charge in [0.1, 0.15) is 0 Å². The Hall–Kier alpha value is -0.610. The average molecular weight is 214 g/mol. The van der Waals surface area contributed by atoms with E-state index < -0.39 is 6.04 Å². The zero-order chi connectivity index (χ0) is 11.4. The lowest BCUT2D eigenvalue weighted by Gasteiger charge is -2.26. The molecular formula is C11H22N2O2. The number of carbonyl (C=O) groups excluding carboxylic acids is 1. The molecule has 1 amide bonds. The molecule has 1 heterocycles. The van der Waals surface area contributed by atoms with E-state index in [4.69, 9.17) is 10.8 Å². The first-order chi connectivity index (χ1) is 7.06. The first-order valence-corrected chi connectivity index (χ1v) is 5.73. The molecule has 0 saturated carbocycles. The SMILES string of the molecule is CC(C)C[C@H](N)C(=O)N1CCC[C@@H]1CO. The summed E-state index contributed by atoms with van der Waals surface area (Å²) in [7, 11) is 0. The van der Waals surface area contributed by atoms with Crippen LogP contribution in [0.1, 0.15) is 33.1 Å². The summed E-state index contributed by atoms with van der Waals surface area (Å²) in [5, 5.41) is 9.11. The maximum absolute atomic E-state index is 11.9. The molecule has 4 nitrogen and oxygen atoms in total. The van der Waals surface area contributed by atoms with E-state index in [1.165, 1.54) is 0 Å². The predicted molar refractivity (Wildman–Crippen MR) is 59.3 cm³/mol. The van der Waals surface area contributed by atoms with Gasteiger partial charge in [-0.2, -0.15) is 0 Å². The van der Waals surface area contributed by atoms with E-state index in [1.54, 1.807) is 4.90 Å². The molecule has 1 saturated heterocycles. The summed E-state index contributed by atoms with van der Waals surface area (Å²) in [5.74, 6) is 0.430. The maximum atomic E-state index is 11.9. The van der Waals surface area contributed by atoms with Crippen molar-refractivity contribution in [3.63, 3.8) is 0 Å². The summed E-state index contributed by atoms with van der Waals surface area (Å²) in [4.78, 5) is 13.7. The summed E-state index contributed by atoms with van der Waals surface area (Å²) in [6.45, 7) is 4.91. The lowest BCUT2D eigenvalue weighted by atomic mass is 10.0. The molecule has 0 aliphatic carbocycles. The van der Waals surface area contributed by atoms with Crippen molar-refractivity contribution in [2.24, 2.45) is 11.7 Å². The van der Waals surface area contributed by atoms with Crippen molar-refractivity contribution < 1.29 is 9.90 Å². The molecular weight excluding hydrogens is 192 g/mol. The highest BCUT2D eigenvalue weighted by Gasteiger charge is 2.31. The minimum atomic E-state index is -0.405. The Kier molecular flexibility index (Phi) is 4.54. The standard InChI is InChI=1S/C11H22N2O2/c1-8(2)6-10(12)11(15)13-5-3-4-9(13)7-14/h8-10,14H,3-7,12H2,1-2H3/t9-,10+/m1/s1. The Bertz CT molecular complexity index is 219. The van der Waals surface area contributed by atoms with Crippen molar-refractivity contribution in [3.05, 3.63) is 0 Å². The van der Waals surface area contributed by atoms with Gasteiger partial charge in [0.25, 0.3) is 0 Å². The summed E-state index contributed by atoms with van der Waals surface area (Å²) < 4.78 is 0. The normalized spacial score (nSPS) is 23.5. The Labute approximate surface area is 91.4 Å². The second-order valence-electron chi connectivity index (χ2n) is 4.75. The van der Waals surface area contributed by atoms with Crippen LogP contribution in [0.25, 0.3) is 0 Å². The summed E-state index contributed by atoms with van der Waals surface area (Å²) in [6, 6.07) is -0.409. The van der Waals surface area contributed by atoms with Crippen LogP contribution < -0.4 is 5.73 Å². The summed E-state index contributed by atoms with van der Waals surface area (Å²) in [6.07, 6.45) is 2.59. The molecule has 88 valence electrons. The molecule has 1 aliphatic heterocycles. The van der Waals surface area contributed by atoms with Crippen LogP contribution in [0.2, 0.25) is 0 Å². The van der Waals surface area contributed by atoms with Crippen LogP contribution in [0.5, 0.6) is 0 Å². The number of aliphatic hydroxyl groups excluding tert-OH is 1. The Morgan fingerprint density at radius 2 is 2.27 bits per heavy atom. The van der Waals surface area contributed by atoms with E-state index in [2.05, 4.69) is 13.8 Å². The third-order valence-electron chi connectivity index (χ3n) is 2.91. The molecule has 0 aromatic heterocycles. The van der Waals surface area contributed by atoms with Crippen LogP contribution in [-0.4, -0.2) is 41.1 Å². The van der Waals surface area contributed by atoms with Crippen molar-refractivity contribution >= 4 is 5.91 Å². The van der Waals surface area contributed by atoms with E-state index in [0.717, 1.165) is 19.4 Å². The quantitative estimate of drug-likeness (QED) is 0.709. The monoisotopic (exact) mass is 214 g/mol. The second-order valence-corrected chi connectivity index (χ2v) is 4.75. The maximum Gasteiger partial charge on any atom is 0.239 e. The van der Waals surface area contributed by atoms with E-state index in [0.29, 0.717) is 12.3 Å². The molecule has 0 aromatic carbocycles. The van der Waals surface area contributed by atoms with Crippen LogP contribution in [0.3, 0.4) is 0 Å². The van der Waals surface area contributed by atoms with Crippen LogP contribution in [0.4, 0.5) is 0 Å². The first-order valence-electron chi connectivity index (χ1n) is 5.73. The van der Waals surface area contributed by atoms with Crippen molar-refractivity contribution in [2.75, 3.05) is 13.2 Å². The molecule has 2 atom stereocenters. The van der Waals surface area contributed by atoms with Crippen LogP contribution >= 0.6 is 0 Å². The number of hydrogen-bond donors (Lipinski definition) is 2. The first kappa shape index (κ1) is 12.5. The van der Waals surface area contributed by atoms with Crippen molar-refractivity contribution in [3.8, 4) is 0 Å². The molecule has 4 heteroatoms. The number of aliphatic hydroxyl groups is 1. The highest BCUT2D eigenvalue weighted by atomic mass is 16.3. The minimum absolute atomic E-state index is 0.000231. The largest absolute Gasteiger partial charge is 0.394 e. The molecule has 0 unspecified atom stereocenters. The van der Waals surface area contributed by atoms with Gasteiger partial charge in [-0.3, -0.25) is 4.79 Å². The van der Waals surface area contributed by atoms with E-state index >= 15 is 0 Å². The van der Waals surface area contributed by atoms with Crippen LogP contribution in [-0.2, 0) is 4.79 Å². The van der Waals surface area contributed by atoms with Crippen LogP contribution in [0.15, 0.2) is 0 Å². The number of amides is 1. The Morgan fingerprint density at radius 3 is 2.80 bits per heavy atom. The zero-order valence-electron chi connectivity index (χ0n) is 9.65. The lowest BCUT2D eigenvalue weighted by molar-refractivity contribution is -0.134. The van der Waals surface area contributed by atoms with Gasteiger partial charge in [0, 0.05) is 6.54 Å². The number of likely N-dealkylation sites (tertiary alicyclic amines) is 1. The molecule has 0 spiro atoms. The van der Waals surface area contributed by atoms with Crippen molar-refractivity contribution in [1.82, 2.24) is 4.90 Å². The number of hydrogen-bond acceptors (Lipinski definition) is 3. The molecule has 0 bridgehead atoms. The fraction of sp³-hybridized carbons (Fsp3) is 0.909. The highest BCUT2D eigenvalue weighted by molar-refractivity contribution is 5.82. The number of carbonyl (C=O) groups is 1. The van der Waals surface area contributed by atoms with Crippen molar-refractivity contribution in [1.29, 1.82) is 0 Å². The lowest BCUT2D eigenvalue weighted by Crippen LogP contribution is -2.47. The Balaban J connectivity index is 2.51. The molecule has 3 N–H and O–H groups in total. The number of nitrogens with two attached hydrogens (primary N) is 1. The summed E-state index contributed by atoms with van der Waals surface area (Å²) in [5.41, 5.74) is 5.84. The molecule has 0 aromatic rings. The Morgan fingerprint density at radius 1 is 1.60 bits per heavy atom. The van der Waals surface area contributed by atoms with Gasteiger partial charge < -0.3 is 15.7 Å². The topological polar surface area (TPSA) is 66.6 Å². The van der Waals surface area contributed by atoms with Gasteiger partial charge in [-0.05, 0) is 25.2 Å². The smallest absolute Gasteiger partial charge is 0.239 e. The molecule has 1 rings (SSSR count). The predicted octanol–water partition coefficient (Wildman–Crippen LogP) is 0.343. The van der Waals surface area contributed by atoms with E-state index in [-0.39, 0.29) is 18.6 Å². The number of rotatable bonds is 4. The van der Waals surface area contributed by atoms with Crippen LogP contribution in [0, 0.1) is 5.92 Å². The van der Waals surface area contributed by atoms with Gasteiger partial charge in [0.15, 0.2) is 0 Å². The fourth-order valence-corrected chi connectivity index (χ4v) is 2.14. The van der Waals surface area contributed by atoms with E-state index in [9.17, 15) is 4.79 Å². The van der Waals surface area contributed by atoms with Gasteiger partial charge in [0.2, 0.25) is 5.91 Å². The van der Waals surface area contributed by atoms with Gasteiger partial charge in [-0.1, -0.05) is 13.8 Å². The number of nitrogens with zero attached hydrogens (tertiary/aromatic N) is 1. The van der Waals surface area contributed by atoms with E-state index in [1.807, 2.05) is 0 Å². The zero-order valence-corrected chi connectivity index (χ0v) is 9.65. The average Bonchev–Trinajstić information content (AvgIpc) is 2.62. The molecule has 15 heavy (non-hydrogen) atoms. The van der Waals surface area contributed by atoms with Gasteiger partial charge in [-0.25, -0.2) is 0 Å². The summed E-state index contributed by atoms with van der Waals surface area (Å²) >= 11 is 0. The third kappa shape index (κ3) is 3.18. The second kappa shape index (κ2) is 5.47. The fourth-order valence-electron chi connectivity index (χ4n) is 2.14. The van der Waals surface area contributed by atoms with Gasteiger partial charge in [0.05, 0.1) is 18.7 Å². The van der Waals surface area contributed by atoms with Gasteiger partial charge >= 0.3 is 0 Å². The molecule has 1 fully saturated rings. The van der Waals surface area contributed by atoms with Crippen molar-refractivity contribution in [2.45, 2.75) is 45.2 Å². The minimum Gasteiger partial charge on any atom is -0.394 e.